The first kappa shape index (κ1) is 13.0. The third-order valence-electron chi connectivity index (χ3n) is 3.41. The Balaban J connectivity index is 2.04. The molecule has 0 saturated carbocycles. The zero-order valence-electron chi connectivity index (χ0n) is 10.2. The number of rotatable bonds is 1. The number of benzene rings is 1. The number of aromatic nitrogens is 2. The number of nitrogens with zero attached hydrogens (tertiary/aromatic N) is 2. The van der Waals surface area contributed by atoms with Crippen LogP contribution in [0.25, 0.3) is 11.4 Å². The van der Waals surface area contributed by atoms with Crippen molar-refractivity contribution in [2.24, 2.45) is 5.73 Å². The van der Waals surface area contributed by atoms with Gasteiger partial charge in [0.05, 0.1) is 5.02 Å². The molecule has 2 aromatic rings. The highest BCUT2D eigenvalue weighted by atomic mass is 79.9. The van der Waals surface area contributed by atoms with Crippen molar-refractivity contribution in [3.63, 3.8) is 0 Å². The fourth-order valence-corrected chi connectivity index (χ4v) is 2.78. The Hall–Kier alpha value is -0.970. The van der Waals surface area contributed by atoms with E-state index in [1.807, 2.05) is 24.4 Å². The molecule has 1 aromatic carbocycles. The van der Waals surface area contributed by atoms with Gasteiger partial charge in [0.25, 0.3) is 0 Å². The van der Waals surface area contributed by atoms with Gasteiger partial charge in [0, 0.05) is 33.5 Å². The predicted octanol–water partition coefficient (Wildman–Crippen LogP) is 3.90. The van der Waals surface area contributed by atoms with Gasteiger partial charge in [-0.2, -0.15) is 0 Å². The average molecular weight is 339 g/mol. The summed E-state index contributed by atoms with van der Waals surface area (Å²) in [6.07, 6.45) is 4.94. The molecule has 1 aliphatic rings. The van der Waals surface area contributed by atoms with Gasteiger partial charge >= 0.3 is 0 Å². The van der Waals surface area contributed by atoms with Crippen LogP contribution in [0.15, 0.2) is 28.9 Å². The lowest BCUT2D eigenvalue weighted by Gasteiger charge is -2.21. The Labute approximate surface area is 125 Å². The smallest absolute Gasteiger partial charge is 0.159 e. The van der Waals surface area contributed by atoms with Crippen LogP contribution >= 0.6 is 27.5 Å². The molecule has 0 fully saturated rings. The second-order valence-electron chi connectivity index (χ2n) is 4.72. The average Bonchev–Trinajstić information content (AvgIpc) is 2.42. The summed E-state index contributed by atoms with van der Waals surface area (Å²) in [4.78, 5) is 9.06. The highest BCUT2D eigenvalue weighted by Crippen LogP contribution is 2.30. The molecule has 1 heterocycles. The van der Waals surface area contributed by atoms with E-state index >= 15 is 0 Å². The van der Waals surface area contributed by atoms with Crippen LogP contribution in [0.3, 0.4) is 0 Å². The van der Waals surface area contributed by atoms with Crippen LogP contribution < -0.4 is 5.73 Å². The standard InChI is InChI=1S/C14H13BrClN3/c15-10-5-4-8(6-11(10)16)14-18-7-9-12(17)2-1-3-13(9)19-14/h4-7,12H,1-3,17H2. The van der Waals surface area contributed by atoms with Crippen molar-refractivity contribution < 1.29 is 0 Å². The van der Waals surface area contributed by atoms with Gasteiger partial charge in [-0.25, -0.2) is 9.97 Å². The van der Waals surface area contributed by atoms with Crippen LogP contribution in [0.2, 0.25) is 5.02 Å². The molecule has 1 aliphatic carbocycles. The predicted molar refractivity (Wildman–Crippen MR) is 80.0 cm³/mol. The SMILES string of the molecule is NC1CCCc2nc(-c3ccc(Br)c(Cl)c3)ncc21. The maximum Gasteiger partial charge on any atom is 0.159 e. The van der Waals surface area contributed by atoms with Crippen molar-refractivity contribution in [1.82, 2.24) is 9.97 Å². The van der Waals surface area contributed by atoms with Gasteiger partial charge in [-0.05, 0) is 53.4 Å². The lowest BCUT2D eigenvalue weighted by molar-refractivity contribution is 0.557. The highest BCUT2D eigenvalue weighted by Gasteiger charge is 2.19. The largest absolute Gasteiger partial charge is 0.324 e. The Morgan fingerprint density at radius 3 is 3.00 bits per heavy atom. The second-order valence-corrected chi connectivity index (χ2v) is 5.98. The molecule has 0 aliphatic heterocycles. The third kappa shape index (κ3) is 2.53. The van der Waals surface area contributed by atoms with Crippen molar-refractivity contribution in [2.75, 3.05) is 0 Å². The van der Waals surface area contributed by atoms with Gasteiger partial charge in [-0.3, -0.25) is 0 Å². The van der Waals surface area contributed by atoms with E-state index in [1.54, 1.807) is 0 Å². The van der Waals surface area contributed by atoms with Crippen LogP contribution in [-0.4, -0.2) is 9.97 Å². The zero-order chi connectivity index (χ0) is 13.4. The van der Waals surface area contributed by atoms with Crippen molar-refractivity contribution in [3.8, 4) is 11.4 Å². The normalized spacial score (nSPS) is 18.2. The van der Waals surface area contributed by atoms with E-state index in [0.717, 1.165) is 40.6 Å². The lowest BCUT2D eigenvalue weighted by Crippen LogP contribution is -2.19. The third-order valence-corrected chi connectivity index (χ3v) is 4.64. The van der Waals surface area contributed by atoms with E-state index < -0.39 is 0 Å². The summed E-state index contributed by atoms with van der Waals surface area (Å²) in [6.45, 7) is 0. The lowest BCUT2D eigenvalue weighted by atomic mass is 9.93. The maximum atomic E-state index is 6.11. The summed E-state index contributed by atoms with van der Waals surface area (Å²) in [5.41, 5.74) is 9.15. The van der Waals surface area contributed by atoms with Gasteiger partial charge in [-0.1, -0.05) is 11.6 Å². The molecule has 19 heavy (non-hydrogen) atoms. The van der Waals surface area contributed by atoms with Crippen LogP contribution in [0.4, 0.5) is 0 Å². The van der Waals surface area contributed by atoms with Gasteiger partial charge in [0.2, 0.25) is 0 Å². The molecule has 98 valence electrons. The molecular weight excluding hydrogens is 326 g/mol. The monoisotopic (exact) mass is 337 g/mol. The molecule has 0 radical (unpaired) electrons. The quantitative estimate of drug-likeness (QED) is 0.858. The van der Waals surface area contributed by atoms with Crippen LogP contribution in [0, 0.1) is 0 Å². The van der Waals surface area contributed by atoms with E-state index in [2.05, 4.69) is 25.9 Å². The van der Waals surface area contributed by atoms with Crippen LogP contribution in [-0.2, 0) is 6.42 Å². The summed E-state index contributed by atoms with van der Waals surface area (Å²) in [6, 6.07) is 5.81. The van der Waals surface area contributed by atoms with Gasteiger partial charge < -0.3 is 5.73 Å². The molecule has 5 heteroatoms. The van der Waals surface area contributed by atoms with Crippen LogP contribution in [0.5, 0.6) is 0 Å². The van der Waals surface area contributed by atoms with Crippen molar-refractivity contribution >= 4 is 27.5 Å². The Morgan fingerprint density at radius 2 is 2.21 bits per heavy atom. The molecule has 1 unspecified atom stereocenters. The number of fused-ring (bicyclic) bond motifs is 1. The molecular formula is C14H13BrClN3. The van der Waals surface area contributed by atoms with Crippen molar-refractivity contribution in [2.45, 2.75) is 25.3 Å². The molecule has 0 saturated heterocycles. The Kier molecular flexibility index (Phi) is 3.56. The number of aryl methyl sites for hydroxylation is 1. The van der Waals surface area contributed by atoms with E-state index in [-0.39, 0.29) is 6.04 Å². The van der Waals surface area contributed by atoms with Gasteiger partial charge in [0.15, 0.2) is 5.82 Å². The molecule has 1 aromatic heterocycles. The minimum Gasteiger partial charge on any atom is -0.324 e. The molecule has 1 atom stereocenters. The van der Waals surface area contributed by atoms with Crippen LogP contribution in [0.1, 0.15) is 30.1 Å². The minimum absolute atomic E-state index is 0.0753. The molecule has 3 nitrogen and oxygen atoms in total. The number of halogens is 2. The minimum atomic E-state index is 0.0753. The topological polar surface area (TPSA) is 51.8 Å². The summed E-state index contributed by atoms with van der Waals surface area (Å²) < 4.78 is 0.873. The summed E-state index contributed by atoms with van der Waals surface area (Å²) in [5.74, 6) is 0.710. The molecule has 0 amide bonds. The first-order valence-corrected chi connectivity index (χ1v) is 7.39. The number of nitrogens with two attached hydrogens (primary N) is 1. The van der Waals surface area contributed by atoms with Gasteiger partial charge in [0.1, 0.15) is 0 Å². The fourth-order valence-electron chi connectivity index (χ4n) is 2.36. The Morgan fingerprint density at radius 1 is 1.37 bits per heavy atom. The van der Waals surface area contributed by atoms with Crippen molar-refractivity contribution in [1.29, 1.82) is 0 Å². The molecule has 2 N–H and O–H groups in total. The summed E-state index contributed by atoms with van der Waals surface area (Å²) in [7, 11) is 0. The summed E-state index contributed by atoms with van der Waals surface area (Å²) in [5, 5.41) is 0.663. The fraction of sp³-hybridized carbons (Fsp3) is 0.286. The highest BCUT2D eigenvalue weighted by molar-refractivity contribution is 9.10. The number of hydrogen-bond donors (Lipinski definition) is 1. The Bertz CT molecular complexity index is 630. The van der Waals surface area contributed by atoms with E-state index in [4.69, 9.17) is 17.3 Å². The van der Waals surface area contributed by atoms with E-state index in [0.29, 0.717) is 10.8 Å². The number of hydrogen-bond acceptors (Lipinski definition) is 3. The van der Waals surface area contributed by atoms with Crippen molar-refractivity contribution in [3.05, 3.63) is 45.1 Å². The molecule has 3 rings (SSSR count). The van der Waals surface area contributed by atoms with Gasteiger partial charge in [-0.15, -0.1) is 0 Å². The second kappa shape index (κ2) is 5.19. The summed E-state index contributed by atoms with van der Waals surface area (Å²) >= 11 is 9.49. The van der Waals surface area contributed by atoms with E-state index in [1.165, 1.54) is 0 Å². The maximum absolute atomic E-state index is 6.11. The van der Waals surface area contributed by atoms with E-state index in [9.17, 15) is 0 Å². The molecule has 0 bridgehead atoms. The zero-order valence-corrected chi connectivity index (χ0v) is 12.6. The first-order valence-electron chi connectivity index (χ1n) is 6.22. The molecule has 0 spiro atoms. The first-order chi connectivity index (χ1) is 9.15.